The van der Waals surface area contributed by atoms with Crippen LogP contribution in [0.4, 0.5) is 18.9 Å². The molecular weight excluding hydrogens is 611 g/mol. The third-order valence-corrected chi connectivity index (χ3v) is 7.80. The maximum absolute atomic E-state index is 13.8. The van der Waals surface area contributed by atoms with Crippen LogP contribution < -0.4 is 19.7 Å². The molecule has 1 saturated heterocycles. The van der Waals surface area contributed by atoms with Crippen LogP contribution in [-0.4, -0.2) is 99.3 Å². The Hall–Kier alpha value is -4.40. The number of benzene rings is 1. The van der Waals surface area contributed by atoms with Crippen molar-refractivity contribution in [2.75, 3.05) is 52.4 Å². The molecule has 0 aliphatic carbocycles. The molecule has 0 radical (unpaired) electrons. The average molecular weight is 650 g/mol. The Morgan fingerprint density at radius 3 is 2.33 bits per heavy atom. The second-order valence-electron chi connectivity index (χ2n) is 11.9. The van der Waals surface area contributed by atoms with Crippen molar-refractivity contribution in [1.29, 1.82) is 5.41 Å². The third kappa shape index (κ3) is 6.88. The molecule has 0 bridgehead atoms. The summed E-state index contributed by atoms with van der Waals surface area (Å²) in [6.07, 6.45) is -7.26. The molecule has 1 fully saturated rings. The molecule has 250 valence electrons. The lowest BCUT2D eigenvalue weighted by molar-refractivity contribution is -0.207. The largest absolute Gasteiger partial charge is 0.494 e. The first-order valence-corrected chi connectivity index (χ1v) is 14.6. The molecule has 2 atom stereocenters. The molecule has 0 spiro atoms. The maximum Gasteiger partial charge on any atom is 0.490 e. The van der Waals surface area contributed by atoms with Gasteiger partial charge in [-0.05, 0) is 30.5 Å². The fraction of sp³-hybridized carbons (Fsp3) is 0.516. The molecule has 1 amide bonds. The summed E-state index contributed by atoms with van der Waals surface area (Å²) in [6.45, 7) is 7.78. The number of alkyl halides is 3. The van der Waals surface area contributed by atoms with Gasteiger partial charge >= 0.3 is 12.1 Å². The zero-order valence-corrected chi connectivity index (χ0v) is 26.8. The number of hydrogen-bond acceptors (Lipinski definition) is 10. The van der Waals surface area contributed by atoms with Gasteiger partial charge in [0.15, 0.2) is 17.2 Å². The Kier molecular flexibility index (Phi) is 9.85. The third-order valence-electron chi connectivity index (χ3n) is 7.80. The summed E-state index contributed by atoms with van der Waals surface area (Å²) < 4.78 is 60.4. The summed E-state index contributed by atoms with van der Waals surface area (Å²) in [5.41, 5.74) is 1.77. The number of halogens is 3. The van der Waals surface area contributed by atoms with Gasteiger partial charge in [-0.3, -0.25) is 15.0 Å². The number of amidine groups is 1. The van der Waals surface area contributed by atoms with Crippen molar-refractivity contribution in [3.8, 4) is 11.5 Å². The van der Waals surface area contributed by atoms with Gasteiger partial charge in [0.2, 0.25) is 0 Å². The molecule has 2 aliphatic heterocycles. The molecule has 3 heterocycles. The number of anilines is 1. The highest BCUT2D eigenvalue weighted by molar-refractivity contribution is 6.06. The Balaban J connectivity index is 1.66. The minimum Gasteiger partial charge on any atom is -0.494 e. The van der Waals surface area contributed by atoms with Crippen LogP contribution in [0.3, 0.4) is 0 Å². The lowest BCUT2D eigenvalue weighted by Crippen LogP contribution is -2.36. The van der Waals surface area contributed by atoms with Crippen LogP contribution in [0.1, 0.15) is 65.4 Å². The molecule has 2 N–H and O–H groups in total. The second-order valence-corrected chi connectivity index (χ2v) is 11.9. The second kappa shape index (κ2) is 13.1. The first kappa shape index (κ1) is 34.5. The van der Waals surface area contributed by atoms with Crippen molar-refractivity contribution in [2.24, 2.45) is 0 Å². The van der Waals surface area contributed by atoms with Crippen molar-refractivity contribution < 1.29 is 46.5 Å². The SMILES string of the molecule is CCOc1cc2c(nc1C(=O)NC)C(=N)N(CC(=O)c1cc(N3C[C@@H](OC)[C@H](OC(=O)C(F)(F)F)C3)c(OC)c(C(C)(C)C)c1)C2. The summed E-state index contributed by atoms with van der Waals surface area (Å²) in [4.78, 5) is 45.5. The van der Waals surface area contributed by atoms with E-state index >= 15 is 0 Å². The standard InChI is InChI=1S/C31H38F3N5O7/c1-8-45-21-11-17-12-39(27(35)24(17)37-25(21)28(41)36-5)13-20(40)16-9-18(30(2,3)4)26(44-7)19(10-16)38-14-22(43-6)23(15-38)46-29(42)31(32,33)34/h9-11,22-23,35H,8,12-15H2,1-7H3,(H,36,41)/t22-,23-/m1/s1. The molecule has 1 aromatic carbocycles. The fourth-order valence-corrected chi connectivity index (χ4v) is 5.51. The minimum absolute atomic E-state index is 0.0295. The Bertz CT molecular complexity index is 1540. The van der Waals surface area contributed by atoms with Crippen LogP contribution >= 0.6 is 0 Å². The zero-order chi connectivity index (χ0) is 34.1. The number of rotatable bonds is 10. The highest BCUT2D eigenvalue weighted by Crippen LogP contribution is 2.42. The molecule has 0 saturated carbocycles. The van der Waals surface area contributed by atoms with Crippen LogP contribution in [0.15, 0.2) is 18.2 Å². The number of hydrogen-bond donors (Lipinski definition) is 2. The summed E-state index contributed by atoms with van der Waals surface area (Å²) in [6, 6.07) is 4.94. The van der Waals surface area contributed by atoms with E-state index in [1.54, 1.807) is 30.0 Å². The molecule has 0 unspecified atom stereocenters. The number of esters is 1. The van der Waals surface area contributed by atoms with Gasteiger partial charge in [0, 0.05) is 43.9 Å². The van der Waals surface area contributed by atoms with Gasteiger partial charge in [-0.1, -0.05) is 20.8 Å². The van der Waals surface area contributed by atoms with E-state index in [-0.39, 0.29) is 60.5 Å². The number of carbonyl (C=O) groups excluding carboxylic acids is 3. The molecule has 2 aliphatic rings. The highest BCUT2D eigenvalue weighted by atomic mass is 19.4. The van der Waals surface area contributed by atoms with Gasteiger partial charge in [0.1, 0.15) is 29.5 Å². The lowest BCUT2D eigenvalue weighted by Gasteiger charge is -2.29. The normalized spacial score (nSPS) is 18.0. The van der Waals surface area contributed by atoms with E-state index in [1.807, 2.05) is 20.8 Å². The van der Waals surface area contributed by atoms with Crippen molar-refractivity contribution in [3.05, 3.63) is 46.3 Å². The molecule has 2 aromatic rings. The van der Waals surface area contributed by atoms with E-state index in [9.17, 15) is 27.6 Å². The van der Waals surface area contributed by atoms with Crippen LogP contribution in [0.2, 0.25) is 0 Å². The summed E-state index contributed by atoms with van der Waals surface area (Å²) >= 11 is 0. The van der Waals surface area contributed by atoms with Crippen molar-refractivity contribution in [1.82, 2.24) is 15.2 Å². The number of Topliss-reactive ketones (excluding diaryl/α,β-unsaturated/α-hetero) is 1. The number of ether oxygens (including phenoxy) is 4. The minimum atomic E-state index is -5.16. The lowest BCUT2D eigenvalue weighted by atomic mass is 9.84. The average Bonchev–Trinajstić information content (AvgIpc) is 3.54. The number of carbonyl (C=O) groups is 3. The Labute approximate surface area is 264 Å². The number of nitrogens with one attached hydrogen (secondary N) is 2. The van der Waals surface area contributed by atoms with Crippen molar-refractivity contribution in [2.45, 2.75) is 58.0 Å². The van der Waals surface area contributed by atoms with E-state index < -0.39 is 35.7 Å². The summed E-state index contributed by atoms with van der Waals surface area (Å²) in [7, 11) is 4.23. The molecular formula is C31H38F3N5O7. The van der Waals surface area contributed by atoms with Crippen LogP contribution in [0.25, 0.3) is 0 Å². The van der Waals surface area contributed by atoms with E-state index in [2.05, 4.69) is 10.3 Å². The molecule has 4 rings (SSSR count). The first-order valence-electron chi connectivity index (χ1n) is 14.6. The van der Waals surface area contributed by atoms with Gasteiger partial charge < -0.3 is 34.1 Å². The molecule has 15 heteroatoms. The Morgan fingerprint density at radius 1 is 1.09 bits per heavy atom. The summed E-state index contributed by atoms with van der Waals surface area (Å²) in [5, 5.41) is 11.2. The smallest absolute Gasteiger partial charge is 0.490 e. The number of nitrogens with zero attached hydrogens (tertiary/aromatic N) is 3. The number of ketones is 1. The number of amides is 1. The predicted molar refractivity (Wildman–Crippen MR) is 161 cm³/mol. The topological polar surface area (TPSA) is 143 Å². The Morgan fingerprint density at radius 2 is 1.76 bits per heavy atom. The van der Waals surface area contributed by atoms with Crippen molar-refractivity contribution in [3.63, 3.8) is 0 Å². The monoisotopic (exact) mass is 649 g/mol. The van der Waals surface area contributed by atoms with E-state index in [4.69, 9.17) is 24.4 Å². The fourth-order valence-electron chi connectivity index (χ4n) is 5.51. The molecule has 1 aromatic heterocycles. The van der Waals surface area contributed by atoms with Crippen LogP contribution in [0.5, 0.6) is 11.5 Å². The van der Waals surface area contributed by atoms with Crippen molar-refractivity contribution >= 4 is 29.2 Å². The number of aromatic nitrogens is 1. The van der Waals surface area contributed by atoms with Gasteiger partial charge in [-0.15, -0.1) is 0 Å². The predicted octanol–water partition coefficient (Wildman–Crippen LogP) is 3.48. The van der Waals surface area contributed by atoms with E-state index in [1.165, 1.54) is 26.2 Å². The van der Waals surface area contributed by atoms with Gasteiger partial charge in [0.05, 0.1) is 32.5 Å². The number of pyridine rings is 1. The quantitative estimate of drug-likeness (QED) is 0.290. The zero-order valence-electron chi connectivity index (χ0n) is 26.8. The molecule has 12 nitrogen and oxygen atoms in total. The van der Waals surface area contributed by atoms with Gasteiger partial charge in [0.25, 0.3) is 5.91 Å². The van der Waals surface area contributed by atoms with E-state index in [0.717, 1.165) is 0 Å². The van der Waals surface area contributed by atoms with Crippen LogP contribution in [0, 0.1) is 5.41 Å². The van der Waals surface area contributed by atoms with Gasteiger partial charge in [-0.2, -0.15) is 13.2 Å². The number of fused-ring (bicyclic) bond motifs is 1. The van der Waals surface area contributed by atoms with Crippen LogP contribution in [-0.2, 0) is 26.2 Å². The van der Waals surface area contributed by atoms with Gasteiger partial charge in [-0.25, -0.2) is 9.78 Å². The first-order chi connectivity index (χ1) is 21.5. The van der Waals surface area contributed by atoms with E-state index in [0.29, 0.717) is 29.2 Å². The summed E-state index contributed by atoms with van der Waals surface area (Å²) in [5.74, 6) is -2.47. The number of methoxy groups -OCH3 is 2. The maximum atomic E-state index is 13.8. The molecule has 46 heavy (non-hydrogen) atoms. The highest BCUT2D eigenvalue weighted by Gasteiger charge is 2.46.